The zero-order valence-corrected chi connectivity index (χ0v) is 21.8. The maximum absolute atomic E-state index is 13.6. The molecular formula is C25H27BrN2O5S. The first-order valence-electron chi connectivity index (χ1n) is 10.6. The van der Waals surface area contributed by atoms with Crippen LogP contribution in [-0.2, 0) is 14.8 Å². The number of methoxy groups -OCH3 is 1. The Morgan fingerprint density at radius 1 is 1.03 bits per heavy atom. The van der Waals surface area contributed by atoms with Crippen LogP contribution in [0.15, 0.2) is 76.1 Å². The smallest absolute Gasteiger partial charge is 0.264 e. The van der Waals surface area contributed by atoms with Crippen LogP contribution in [0.1, 0.15) is 19.4 Å². The average Bonchev–Trinajstić information content (AvgIpc) is 2.79. The highest BCUT2D eigenvalue weighted by molar-refractivity contribution is 9.10. The number of benzene rings is 3. The number of hydrogen-bond acceptors (Lipinski definition) is 5. The summed E-state index contributed by atoms with van der Waals surface area (Å²) in [6, 6.07) is 18.4. The van der Waals surface area contributed by atoms with Gasteiger partial charge in [-0.05, 0) is 79.2 Å². The SMILES string of the molecule is COc1ccc(S(=O)(=O)N(CC(=O)Nc2ccccc2OC(C)C)c2ccc(C)cc2)cc1Br. The molecule has 0 aliphatic rings. The lowest BCUT2D eigenvalue weighted by atomic mass is 10.2. The van der Waals surface area contributed by atoms with E-state index in [-0.39, 0.29) is 11.0 Å². The fourth-order valence-corrected chi connectivity index (χ4v) is 5.35. The number of nitrogens with one attached hydrogen (secondary N) is 1. The Balaban J connectivity index is 1.95. The Labute approximate surface area is 208 Å². The lowest BCUT2D eigenvalue weighted by Gasteiger charge is -2.25. The topological polar surface area (TPSA) is 84.9 Å². The predicted molar refractivity (Wildman–Crippen MR) is 137 cm³/mol. The molecule has 0 spiro atoms. The number of para-hydroxylation sites is 2. The van der Waals surface area contributed by atoms with Crippen molar-refractivity contribution in [2.24, 2.45) is 0 Å². The second-order valence-corrected chi connectivity index (χ2v) is 10.6. The van der Waals surface area contributed by atoms with E-state index in [2.05, 4.69) is 21.2 Å². The first-order valence-corrected chi connectivity index (χ1v) is 12.8. The summed E-state index contributed by atoms with van der Waals surface area (Å²) in [4.78, 5) is 13.1. The van der Waals surface area contributed by atoms with Crippen LogP contribution in [0, 0.1) is 6.92 Å². The molecular weight excluding hydrogens is 520 g/mol. The van der Waals surface area contributed by atoms with E-state index in [0.29, 0.717) is 27.3 Å². The number of amides is 1. The molecule has 1 amide bonds. The number of ether oxygens (including phenoxy) is 2. The van der Waals surface area contributed by atoms with Gasteiger partial charge in [0.2, 0.25) is 5.91 Å². The number of aryl methyl sites for hydroxylation is 1. The summed E-state index contributed by atoms with van der Waals surface area (Å²) in [5.41, 5.74) is 1.81. The maximum Gasteiger partial charge on any atom is 0.264 e. The van der Waals surface area contributed by atoms with Gasteiger partial charge in [0.1, 0.15) is 18.0 Å². The monoisotopic (exact) mass is 546 g/mol. The summed E-state index contributed by atoms with van der Waals surface area (Å²) in [6.07, 6.45) is -0.0870. The van der Waals surface area contributed by atoms with E-state index in [1.807, 2.05) is 20.8 Å². The van der Waals surface area contributed by atoms with Crippen molar-refractivity contribution in [3.63, 3.8) is 0 Å². The highest BCUT2D eigenvalue weighted by atomic mass is 79.9. The Morgan fingerprint density at radius 3 is 2.32 bits per heavy atom. The van der Waals surface area contributed by atoms with Crippen LogP contribution in [0.2, 0.25) is 0 Å². The summed E-state index contributed by atoms with van der Waals surface area (Å²) in [6.45, 7) is 5.25. The number of anilines is 2. The van der Waals surface area contributed by atoms with Crippen LogP contribution in [-0.4, -0.2) is 34.1 Å². The Bertz CT molecular complexity index is 1260. The third-order valence-corrected chi connectivity index (χ3v) is 7.23. The fourth-order valence-electron chi connectivity index (χ4n) is 3.21. The van der Waals surface area contributed by atoms with E-state index >= 15 is 0 Å². The molecule has 0 saturated heterocycles. The van der Waals surface area contributed by atoms with Crippen LogP contribution in [0.4, 0.5) is 11.4 Å². The number of carbonyl (C=O) groups excluding carboxylic acids is 1. The normalized spacial score (nSPS) is 11.2. The molecule has 34 heavy (non-hydrogen) atoms. The molecule has 1 N–H and O–H groups in total. The lowest BCUT2D eigenvalue weighted by Crippen LogP contribution is -2.38. The third-order valence-electron chi connectivity index (χ3n) is 4.84. The van der Waals surface area contributed by atoms with Crippen molar-refractivity contribution in [2.45, 2.75) is 31.8 Å². The highest BCUT2D eigenvalue weighted by Crippen LogP contribution is 2.31. The summed E-state index contributed by atoms with van der Waals surface area (Å²) < 4.78 is 39.8. The van der Waals surface area contributed by atoms with E-state index in [9.17, 15) is 13.2 Å². The number of carbonyl (C=O) groups is 1. The van der Waals surface area contributed by atoms with Crippen LogP contribution in [0.25, 0.3) is 0 Å². The molecule has 0 unspecified atom stereocenters. The van der Waals surface area contributed by atoms with E-state index in [1.165, 1.54) is 19.2 Å². The van der Waals surface area contributed by atoms with Crippen LogP contribution in [0.5, 0.6) is 11.5 Å². The van der Waals surface area contributed by atoms with Gasteiger partial charge in [-0.15, -0.1) is 0 Å². The first-order chi connectivity index (χ1) is 16.1. The molecule has 0 heterocycles. The lowest BCUT2D eigenvalue weighted by molar-refractivity contribution is -0.114. The molecule has 3 aromatic rings. The number of halogens is 1. The van der Waals surface area contributed by atoms with Gasteiger partial charge in [0.25, 0.3) is 10.0 Å². The minimum absolute atomic E-state index is 0.0251. The predicted octanol–water partition coefficient (Wildman–Crippen LogP) is 5.39. The van der Waals surface area contributed by atoms with Crippen LogP contribution < -0.4 is 19.1 Å². The number of sulfonamides is 1. The van der Waals surface area contributed by atoms with Gasteiger partial charge >= 0.3 is 0 Å². The molecule has 0 atom stereocenters. The van der Waals surface area contributed by atoms with Crippen molar-refractivity contribution in [3.8, 4) is 11.5 Å². The summed E-state index contributed by atoms with van der Waals surface area (Å²) in [5.74, 6) is 0.506. The number of rotatable bonds is 9. The van der Waals surface area contributed by atoms with Gasteiger partial charge in [-0.2, -0.15) is 0 Å². The number of nitrogens with zero attached hydrogens (tertiary/aromatic N) is 1. The summed E-state index contributed by atoms with van der Waals surface area (Å²) >= 11 is 3.34. The molecule has 0 aliphatic carbocycles. The van der Waals surface area contributed by atoms with Gasteiger partial charge < -0.3 is 14.8 Å². The van der Waals surface area contributed by atoms with Crippen molar-refractivity contribution in [2.75, 3.05) is 23.3 Å². The molecule has 9 heteroatoms. The highest BCUT2D eigenvalue weighted by Gasteiger charge is 2.28. The van der Waals surface area contributed by atoms with Crippen molar-refractivity contribution < 1.29 is 22.7 Å². The molecule has 0 saturated carbocycles. The standard InChI is InChI=1S/C25H27BrN2O5S/c1-17(2)33-24-8-6-5-7-22(24)27-25(29)16-28(19-11-9-18(3)10-12-19)34(30,31)20-13-14-23(32-4)21(26)15-20/h5-15,17H,16H2,1-4H3,(H,27,29). The second kappa shape index (κ2) is 10.9. The fraction of sp³-hybridized carbons (Fsp3) is 0.240. The molecule has 0 aliphatic heterocycles. The molecule has 0 aromatic heterocycles. The molecule has 0 fully saturated rings. The maximum atomic E-state index is 13.6. The minimum Gasteiger partial charge on any atom is -0.496 e. The zero-order chi connectivity index (χ0) is 24.9. The third kappa shape index (κ3) is 6.09. The quantitative estimate of drug-likeness (QED) is 0.389. The largest absolute Gasteiger partial charge is 0.496 e. The minimum atomic E-state index is -4.08. The van der Waals surface area contributed by atoms with E-state index in [0.717, 1.165) is 9.87 Å². The van der Waals surface area contributed by atoms with Gasteiger partial charge in [-0.25, -0.2) is 8.42 Å². The van der Waals surface area contributed by atoms with Crippen molar-refractivity contribution >= 4 is 43.2 Å². The average molecular weight is 547 g/mol. The van der Waals surface area contributed by atoms with Crippen LogP contribution >= 0.6 is 15.9 Å². The Morgan fingerprint density at radius 2 is 1.71 bits per heavy atom. The van der Waals surface area contributed by atoms with Gasteiger partial charge in [-0.3, -0.25) is 9.10 Å². The van der Waals surface area contributed by atoms with Gasteiger partial charge in [-0.1, -0.05) is 29.8 Å². The molecule has 180 valence electrons. The Hall–Kier alpha value is -3.04. The van der Waals surface area contributed by atoms with Gasteiger partial charge in [0, 0.05) is 0 Å². The van der Waals surface area contributed by atoms with Crippen molar-refractivity contribution in [1.82, 2.24) is 0 Å². The molecule has 7 nitrogen and oxygen atoms in total. The Kier molecular flexibility index (Phi) is 8.22. The van der Waals surface area contributed by atoms with E-state index in [4.69, 9.17) is 9.47 Å². The van der Waals surface area contributed by atoms with E-state index < -0.39 is 22.5 Å². The first kappa shape index (κ1) is 25.6. The summed E-state index contributed by atoms with van der Waals surface area (Å²) in [5, 5.41) is 2.78. The van der Waals surface area contributed by atoms with Gasteiger partial charge in [0.15, 0.2) is 0 Å². The molecule has 3 rings (SSSR count). The number of hydrogen-bond donors (Lipinski definition) is 1. The molecule has 0 bridgehead atoms. The second-order valence-electron chi connectivity index (χ2n) is 7.85. The van der Waals surface area contributed by atoms with Crippen molar-refractivity contribution in [3.05, 3.63) is 76.8 Å². The van der Waals surface area contributed by atoms with Crippen molar-refractivity contribution in [1.29, 1.82) is 0 Å². The zero-order valence-electron chi connectivity index (χ0n) is 19.4. The van der Waals surface area contributed by atoms with E-state index in [1.54, 1.807) is 54.6 Å². The summed E-state index contributed by atoms with van der Waals surface area (Å²) in [7, 11) is -2.58. The molecule has 0 radical (unpaired) electrons. The van der Waals surface area contributed by atoms with Gasteiger partial charge in [0.05, 0.1) is 34.0 Å². The molecule has 3 aromatic carbocycles. The van der Waals surface area contributed by atoms with Crippen LogP contribution in [0.3, 0.4) is 0 Å².